The highest BCUT2D eigenvalue weighted by molar-refractivity contribution is 5.85. The molecule has 0 saturated carbocycles. The maximum absolute atomic E-state index is 11.6. The number of nitrogens with two attached hydrogens (primary N) is 1. The Morgan fingerprint density at radius 2 is 2.18 bits per heavy atom. The van der Waals surface area contributed by atoms with Crippen LogP contribution >= 0.6 is 12.4 Å². The molecule has 5 nitrogen and oxygen atoms in total. The zero-order valence-electron chi connectivity index (χ0n) is 10.4. The number of amides is 2. The van der Waals surface area contributed by atoms with Crippen LogP contribution in [0.1, 0.15) is 26.7 Å². The summed E-state index contributed by atoms with van der Waals surface area (Å²) in [6.45, 7) is 5.39. The van der Waals surface area contributed by atoms with Gasteiger partial charge in [0, 0.05) is 38.0 Å². The van der Waals surface area contributed by atoms with Crippen LogP contribution in [-0.2, 0) is 9.59 Å². The molecule has 1 fully saturated rings. The van der Waals surface area contributed by atoms with Crippen molar-refractivity contribution in [1.29, 1.82) is 0 Å². The highest BCUT2D eigenvalue weighted by Gasteiger charge is 2.27. The Hall–Kier alpha value is -0.810. The number of hydrogen-bond donors (Lipinski definition) is 2. The van der Waals surface area contributed by atoms with Crippen molar-refractivity contribution < 1.29 is 9.59 Å². The fourth-order valence-electron chi connectivity index (χ4n) is 1.78. The van der Waals surface area contributed by atoms with Crippen molar-refractivity contribution >= 4 is 24.2 Å². The van der Waals surface area contributed by atoms with Crippen LogP contribution in [0.15, 0.2) is 0 Å². The summed E-state index contributed by atoms with van der Waals surface area (Å²) in [6, 6.07) is 0.0944. The van der Waals surface area contributed by atoms with Crippen molar-refractivity contribution in [3.8, 4) is 0 Å². The van der Waals surface area contributed by atoms with E-state index in [1.807, 2.05) is 6.92 Å². The summed E-state index contributed by atoms with van der Waals surface area (Å²) < 4.78 is 0. The van der Waals surface area contributed by atoms with Gasteiger partial charge < -0.3 is 16.0 Å². The van der Waals surface area contributed by atoms with Crippen molar-refractivity contribution in [3.05, 3.63) is 0 Å². The maximum atomic E-state index is 11.6. The first-order valence-electron chi connectivity index (χ1n) is 5.86. The molecule has 2 atom stereocenters. The summed E-state index contributed by atoms with van der Waals surface area (Å²) in [4.78, 5) is 24.8. The highest BCUT2D eigenvalue weighted by atomic mass is 35.5. The minimum Gasteiger partial charge on any atom is -0.351 e. The average molecular weight is 264 g/mol. The van der Waals surface area contributed by atoms with Crippen molar-refractivity contribution in [2.24, 2.45) is 11.7 Å². The molecule has 17 heavy (non-hydrogen) atoms. The Kier molecular flexibility index (Phi) is 7.15. The van der Waals surface area contributed by atoms with Gasteiger partial charge in [0.1, 0.15) is 0 Å². The van der Waals surface area contributed by atoms with Crippen molar-refractivity contribution in [2.75, 3.05) is 19.6 Å². The predicted molar refractivity (Wildman–Crippen MR) is 68.9 cm³/mol. The Bertz CT molecular complexity index is 273. The Balaban J connectivity index is 0.00000256. The summed E-state index contributed by atoms with van der Waals surface area (Å²) in [6.07, 6.45) is 1.37. The minimum atomic E-state index is -0.157. The second kappa shape index (κ2) is 7.50. The molecule has 0 aliphatic carbocycles. The number of likely N-dealkylation sites (tertiary alicyclic amines) is 1. The molecule has 0 aromatic heterocycles. The van der Waals surface area contributed by atoms with Gasteiger partial charge in [-0.1, -0.05) is 13.8 Å². The number of halogens is 1. The van der Waals surface area contributed by atoms with Crippen LogP contribution in [0.3, 0.4) is 0 Å². The zero-order chi connectivity index (χ0) is 12.1. The van der Waals surface area contributed by atoms with Crippen LogP contribution in [0, 0.1) is 5.92 Å². The first-order valence-corrected chi connectivity index (χ1v) is 5.86. The van der Waals surface area contributed by atoms with Gasteiger partial charge in [0.2, 0.25) is 11.8 Å². The summed E-state index contributed by atoms with van der Waals surface area (Å²) in [5.41, 5.74) is 5.42. The van der Waals surface area contributed by atoms with Crippen LogP contribution < -0.4 is 11.1 Å². The maximum Gasteiger partial charge on any atom is 0.224 e. The largest absolute Gasteiger partial charge is 0.351 e. The van der Waals surface area contributed by atoms with E-state index in [-0.39, 0.29) is 36.2 Å². The zero-order valence-corrected chi connectivity index (χ0v) is 11.3. The number of carbonyl (C=O) groups excluding carboxylic acids is 2. The SMILES string of the molecule is CCC(=O)N1CCC(NC(=O)C(C)CN)C1.Cl. The number of nitrogens with zero attached hydrogens (tertiary/aromatic N) is 1. The third kappa shape index (κ3) is 4.52. The van der Waals surface area contributed by atoms with Gasteiger partial charge in [0.25, 0.3) is 0 Å². The average Bonchev–Trinajstić information content (AvgIpc) is 2.75. The molecular formula is C11H22ClN3O2. The first-order chi connectivity index (χ1) is 7.58. The summed E-state index contributed by atoms with van der Waals surface area (Å²) in [5.74, 6) is -0.0159. The number of carbonyl (C=O) groups is 2. The van der Waals surface area contributed by atoms with Gasteiger partial charge in [0.05, 0.1) is 0 Å². The van der Waals surface area contributed by atoms with Gasteiger partial charge in [-0.3, -0.25) is 9.59 Å². The smallest absolute Gasteiger partial charge is 0.224 e. The Labute approximate surface area is 109 Å². The Morgan fingerprint density at radius 1 is 1.53 bits per heavy atom. The van der Waals surface area contributed by atoms with Gasteiger partial charge in [-0.2, -0.15) is 0 Å². The van der Waals surface area contributed by atoms with Crippen LogP contribution in [0.4, 0.5) is 0 Å². The number of nitrogens with one attached hydrogen (secondary N) is 1. The topological polar surface area (TPSA) is 75.4 Å². The van der Waals surface area contributed by atoms with E-state index < -0.39 is 0 Å². The van der Waals surface area contributed by atoms with E-state index in [1.165, 1.54) is 0 Å². The van der Waals surface area contributed by atoms with E-state index in [4.69, 9.17) is 5.73 Å². The molecular weight excluding hydrogens is 242 g/mol. The van der Waals surface area contributed by atoms with Gasteiger partial charge in [-0.05, 0) is 6.42 Å². The van der Waals surface area contributed by atoms with Gasteiger partial charge in [0.15, 0.2) is 0 Å². The van der Waals surface area contributed by atoms with E-state index in [0.717, 1.165) is 13.0 Å². The van der Waals surface area contributed by atoms with E-state index in [1.54, 1.807) is 11.8 Å². The quantitative estimate of drug-likeness (QED) is 0.757. The fraction of sp³-hybridized carbons (Fsp3) is 0.818. The standard InChI is InChI=1S/C11H21N3O2.ClH/c1-3-10(15)14-5-4-9(7-14)13-11(16)8(2)6-12;/h8-9H,3-7,12H2,1-2H3,(H,13,16);1H. The minimum absolute atomic E-state index is 0. The molecule has 1 aliphatic heterocycles. The second-order valence-corrected chi connectivity index (χ2v) is 4.32. The molecule has 0 bridgehead atoms. The summed E-state index contributed by atoms with van der Waals surface area (Å²) in [7, 11) is 0. The molecule has 3 N–H and O–H groups in total. The highest BCUT2D eigenvalue weighted by Crippen LogP contribution is 2.11. The lowest BCUT2D eigenvalue weighted by Crippen LogP contribution is -2.42. The first kappa shape index (κ1) is 16.2. The molecule has 2 amide bonds. The van der Waals surface area contributed by atoms with Gasteiger partial charge in [-0.25, -0.2) is 0 Å². The lowest BCUT2D eigenvalue weighted by Gasteiger charge is -2.17. The van der Waals surface area contributed by atoms with E-state index in [2.05, 4.69) is 5.32 Å². The molecule has 0 spiro atoms. The number of rotatable bonds is 4. The molecule has 1 saturated heterocycles. The Morgan fingerprint density at radius 3 is 2.71 bits per heavy atom. The fourth-order valence-corrected chi connectivity index (χ4v) is 1.78. The molecule has 1 heterocycles. The van der Waals surface area contributed by atoms with Gasteiger partial charge in [-0.15, -0.1) is 12.4 Å². The molecule has 2 unspecified atom stereocenters. The monoisotopic (exact) mass is 263 g/mol. The third-order valence-corrected chi connectivity index (χ3v) is 2.99. The van der Waals surface area contributed by atoms with E-state index >= 15 is 0 Å². The summed E-state index contributed by atoms with van der Waals surface area (Å²) >= 11 is 0. The molecule has 6 heteroatoms. The third-order valence-electron chi connectivity index (χ3n) is 2.99. The molecule has 0 radical (unpaired) electrons. The van der Waals surface area contributed by atoms with Crippen molar-refractivity contribution in [1.82, 2.24) is 10.2 Å². The molecule has 0 aromatic rings. The summed E-state index contributed by atoms with van der Waals surface area (Å²) in [5, 5.41) is 2.93. The van der Waals surface area contributed by atoms with E-state index in [9.17, 15) is 9.59 Å². The molecule has 100 valence electrons. The predicted octanol–water partition coefficient (Wildman–Crippen LogP) is 0.130. The molecule has 1 rings (SSSR count). The molecule has 0 aromatic carbocycles. The van der Waals surface area contributed by atoms with Crippen LogP contribution in [0.2, 0.25) is 0 Å². The second-order valence-electron chi connectivity index (χ2n) is 4.32. The normalized spacial score (nSPS) is 20.6. The van der Waals surface area contributed by atoms with Crippen LogP contribution in [0.5, 0.6) is 0 Å². The number of hydrogen-bond acceptors (Lipinski definition) is 3. The van der Waals surface area contributed by atoms with Crippen molar-refractivity contribution in [2.45, 2.75) is 32.7 Å². The van der Waals surface area contributed by atoms with Crippen molar-refractivity contribution in [3.63, 3.8) is 0 Å². The lowest BCUT2D eigenvalue weighted by molar-refractivity contribution is -0.130. The molecule has 1 aliphatic rings. The lowest BCUT2D eigenvalue weighted by atomic mass is 10.1. The van der Waals surface area contributed by atoms with E-state index in [0.29, 0.717) is 19.5 Å². The van der Waals surface area contributed by atoms with Crippen LogP contribution in [0.25, 0.3) is 0 Å². The van der Waals surface area contributed by atoms with Crippen LogP contribution in [-0.4, -0.2) is 42.4 Å². The van der Waals surface area contributed by atoms with Gasteiger partial charge >= 0.3 is 0 Å².